The highest BCUT2D eigenvalue weighted by Crippen LogP contribution is 2.35. The first-order chi connectivity index (χ1) is 12.9. The molecule has 1 aliphatic heterocycles. The number of carbonyl (C=O) groups is 1. The van der Waals surface area contributed by atoms with Crippen LogP contribution in [0, 0.1) is 11.6 Å². The van der Waals surface area contributed by atoms with Gasteiger partial charge in [-0.3, -0.25) is 0 Å². The van der Waals surface area contributed by atoms with E-state index in [1.165, 1.54) is 11.0 Å². The third-order valence-electron chi connectivity index (χ3n) is 3.98. The molecule has 144 valence electrons. The topological polar surface area (TPSA) is 78.3 Å². The van der Waals surface area contributed by atoms with E-state index in [4.69, 9.17) is 9.47 Å². The second-order valence-electron chi connectivity index (χ2n) is 6.35. The van der Waals surface area contributed by atoms with Crippen LogP contribution >= 0.6 is 0 Å². The van der Waals surface area contributed by atoms with Gasteiger partial charge in [0.25, 0.3) is 0 Å². The van der Waals surface area contributed by atoms with E-state index in [-0.39, 0.29) is 30.5 Å². The van der Waals surface area contributed by atoms with Crippen LogP contribution in [0.25, 0.3) is 0 Å². The van der Waals surface area contributed by atoms with E-state index < -0.39 is 23.6 Å². The van der Waals surface area contributed by atoms with Gasteiger partial charge in [-0.1, -0.05) is 0 Å². The molecule has 0 unspecified atom stereocenters. The molecule has 0 fully saturated rings. The number of halogens is 2. The van der Waals surface area contributed by atoms with Gasteiger partial charge in [0, 0.05) is 11.8 Å². The highest BCUT2D eigenvalue weighted by Gasteiger charge is 2.34. The zero-order valence-corrected chi connectivity index (χ0v) is 15.2. The van der Waals surface area contributed by atoms with Gasteiger partial charge in [0.05, 0.1) is 18.3 Å². The molecule has 0 amide bonds. The van der Waals surface area contributed by atoms with Gasteiger partial charge in [-0.15, -0.1) is 0 Å². The number of benzene rings is 1. The van der Waals surface area contributed by atoms with Crippen molar-refractivity contribution in [2.45, 2.75) is 32.9 Å². The Labute approximate surface area is 155 Å². The fourth-order valence-electron chi connectivity index (χ4n) is 2.89. The Morgan fingerprint density at radius 1 is 1.26 bits per heavy atom. The summed E-state index contributed by atoms with van der Waals surface area (Å²) in [6.45, 7) is 5.72. The largest absolute Gasteiger partial charge is 0.460 e. The molecule has 1 atom stereocenters. The van der Waals surface area contributed by atoms with Crippen LogP contribution in [-0.4, -0.2) is 40.1 Å². The Kier molecular flexibility index (Phi) is 5.50. The standard InChI is InChI=1S/C18H20F2N4O3/c1-10(2)26-4-5-27-17(25)15-11(3)23-18-21-9-22-24(18)16(15)12-6-13(19)8-14(20)7-12/h6-10,16H,4-5H2,1-3H3,(H,21,22,23)/t16-/m0/s1. The molecule has 0 saturated carbocycles. The molecule has 1 aromatic carbocycles. The smallest absolute Gasteiger partial charge is 0.338 e. The molecule has 0 radical (unpaired) electrons. The van der Waals surface area contributed by atoms with Crippen LogP contribution in [0.3, 0.4) is 0 Å². The number of nitrogens with one attached hydrogen (secondary N) is 1. The monoisotopic (exact) mass is 378 g/mol. The Morgan fingerprint density at radius 2 is 1.96 bits per heavy atom. The van der Waals surface area contributed by atoms with Crippen molar-refractivity contribution in [2.75, 3.05) is 18.5 Å². The molecule has 0 bridgehead atoms. The van der Waals surface area contributed by atoms with Crippen LogP contribution in [0.2, 0.25) is 0 Å². The van der Waals surface area contributed by atoms with Gasteiger partial charge in [-0.2, -0.15) is 10.1 Å². The average Bonchev–Trinajstić information content (AvgIpc) is 3.04. The number of nitrogens with zero attached hydrogens (tertiary/aromatic N) is 3. The zero-order chi connectivity index (χ0) is 19.6. The molecule has 2 heterocycles. The predicted octanol–water partition coefficient (Wildman–Crippen LogP) is 2.81. The van der Waals surface area contributed by atoms with Crippen LogP contribution < -0.4 is 5.32 Å². The van der Waals surface area contributed by atoms with E-state index in [0.29, 0.717) is 11.6 Å². The summed E-state index contributed by atoms with van der Waals surface area (Å²) in [6.07, 6.45) is 1.31. The van der Waals surface area contributed by atoms with E-state index >= 15 is 0 Å². The lowest BCUT2D eigenvalue weighted by molar-refractivity contribution is -0.141. The molecular formula is C18H20F2N4O3. The van der Waals surface area contributed by atoms with Crippen LogP contribution in [0.1, 0.15) is 32.4 Å². The van der Waals surface area contributed by atoms with Gasteiger partial charge >= 0.3 is 5.97 Å². The zero-order valence-electron chi connectivity index (χ0n) is 15.2. The first-order valence-electron chi connectivity index (χ1n) is 8.49. The summed E-state index contributed by atoms with van der Waals surface area (Å²) >= 11 is 0. The van der Waals surface area contributed by atoms with E-state index in [0.717, 1.165) is 18.2 Å². The fourth-order valence-corrected chi connectivity index (χ4v) is 2.89. The third-order valence-corrected chi connectivity index (χ3v) is 3.98. The Balaban J connectivity index is 1.93. The molecule has 0 aliphatic carbocycles. The Bertz CT molecular complexity index is 859. The number of hydrogen-bond acceptors (Lipinski definition) is 6. The summed E-state index contributed by atoms with van der Waals surface area (Å²) in [4.78, 5) is 16.8. The fraction of sp³-hybridized carbons (Fsp3) is 0.389. The minimum Gasteiger partial charge on any atom is -0.460 e. The van der Waals surface area contributed by atoms with Gasteiger partial charge in [-0.25, -0.2) is 18.3 Å². The van der Waals surface area contributed by atoms with Crippen LogP contribution in [0.4, 0.5) is 14.7 Å². The van der Waals surface area contributed by atoms with E-state index in [2.05, 4.69) is 15.4 Å². The maximum absolute atomic E-state index is 13.8. The van der Waals surface area contributed by atoms with Crippen molar-refractivity contribution in [3.05, 3.63) is 53.0 Å². The number of rotatable bonds is 6. The van der Waals surface area contributed by atoms with Crippen molar-refractivity contribution in [3.63, 3.8) is 0 Å². The lowest BCUT2D eigenvalue weighted by Gasteiger charge is -2.28. The van der Waals surface area contributed by atoms with Crippen molar-refractivity contribution in [2.24, 2.45) is 0 Å². The Hall–Kier alpha value is -2.81. The quantitative estimate of drug-likeness (QED) is 0.615. The van der Waals surface area contributed by atoms with E-state index in [1.807, 2.05) is 13.8 Å². The first-order valence-corrected chi connectivity index (χ1v) is 8.49. The number of carbonyl (C=O) groups excluding carboxylic acids is 1. The van der Waals surface area contributed by atoms with Crippen molar-refractivity contribution in [1.29, 1.82) is 0 Å². The lowest BCUT2D eigenvalue weighted by Crippen LogP contribution is -2.30. The van der Waals surface area contributed by atoms with Gasteiger partial charge < -0.3 is 14.8 Å². The number of fused-ring (bicyclic) bond motifs is 1. The van der Waals surface area contributed by atoms with Crippen molar-refractivity contribution < 1.29 is 23.0 Å². The predicted molar refractivity (Wildman–Crippen MR) is 92.9 cm³/mol. The summed E-state index contributed by atoms with van der Waals surface area (Å²) in [5, 5.41) is 7.05. The van der Waals surface area contributed by atoms with Crippen molar-refractivity contribution in [3.8, 4) is 0 Å². The number of ether oxygens (including phenoxy) is 2. The maximum Gasteiger partial charge on any atom is 0.338 e. The summed E-state index contributed by atoms with van der Waals surface area (Å²) in [5.74, 6) is -1.76. The molecular weight excluding hydrogens is 358 g/mol. The first kappa shape index (κ1) is 19.0. The number of aromatic nitrogens is 3. The molecule has 7 nitrogen and oxygen atoms in total. The molecule has 3 rings (SSSR count). The third kappa shape index (κ3) is 4.13. The molecule has 27 heavy (non-hydrogen) atoms. The highest BCUT2D eigenvalue weighted by molar-refractivity contribution is 5.92. The van der Waals surface area contributed by atoms with Gasteiger partial charge in [0.15, 0.2) is 0 Å². The van der Waals surface area contributed by atoms with Gasteiger partial charge in [0.2, 0.25) is 5.95 Å². The van der Waals surface area contributed by atoms with Crippen LogP contribution in [0.5, 0.6) is 0 Å². The Morgan fingerprint density at radius 3 is 2.63 bits per heavy atom. The highest BCUT2D eigenvalue weighted by atomic mass is 19.1. The summed E-state index contributed by atoms with van der Waals surface area (Å²) in [6, 6.07) is 2.22. The SMILES string of the molecule is CC1=C(C(=O)OCCOC(C)C)[C@H](c2cc(F)cc(F)c2)n2ncnc2N1. The van der Waals surface area contributed by atoms with Crippen LogP contribution in [0.15, 0.2) is 35.8 Å². The molecule has 0 saturated heterocycles. The van der Waals surface area contributed by atoms with E-state index in [1.54, 1.807) is 6.92 Å². The van der Waals surface area contributed by atoms with Gasteiger partial charge in [-0.05, 0) is 38.5 Å². The van der Waals surface area contributed by atoms with Crippen molar-refractivity contribution >= 4 is 11.9 Å². The number of anilines is 1. The second kappa shape index (κ2) is 7.83. The average molecular weight is 378 g/mol. The number of hydrogen-bond donors (Lipinski definition) is 1. The van der Waals surface area contributed by atoms with Gasteiger partial charge in [0.1, 0.15) is 30.6 Å². The summed E-state index contributed by atoms with van der Waals surface area (Å²) < 4.78 is 39.6. The molecule has 1 aliphatic rings. The molecule has 9 heteroatoms. The normalized spacial score (nSPS) is 16.3. The molecule has 0 spiro atoms. The summed E-state index contributed by atoms with van der Waals surface area (Å²) in [7, 11) is 0. The summed E-state index contributed by atoms with van der Waals surface area (Å²) in [5.41, 5.74) is 0.896. The minimum absolute atomic E-state index is 0.0155. The second-order valence-corrected chi connectivity index (χ2v) is 6.35. The molecule has 2 aromatic rings. The molecule has 1 aromatic heterocycles. The number of esters is 1. The maximum atomic E-state index is 13.8. The lowest BCUT2D eigenvalue weighted by atomic mass is 9.95. The minimum atomic E-state index is -0.868. The van der Waals surface area contributed by atoms with Crippen LogP contribution in [-0.2, 0) is 14.3 Å². The van der Waals surface area contributed by atoms with Crippen molar-refractivity contribution in [1.82, 2.24) is 14.8 Å². The number of allylic oxidation sites excluding steroid dienone is 1. The molecule has 1 N–H and O–H groups in total. The van der Waals surface area contributed by atoms with E-state index in [9.17, 15) is 13.6 Å².